The maximum Gasteiger partial charge on any atom is 0.249 e. The molecule has 0 heterocycles. The van der Waals surface area contributed by atoms with Gasteiger partial charge in [0.1, 0.15) is 0 Å². The number of likely N-dealkylation sites (N-methyl/N-ethyl adjacent to an activating group) is 1. The molecule has 0 aromatic heterocycles. The van der Waals surface area contributed by atoms with Crippen molar-refractivity contribution in [2.75, 3.05) is 45.2 Å². The van der Waals surface area contributed by atoms with E-state index in [1.165, 1.54) is 0 Å². The highest BCUT2D eigenvalue weighted by molar-refractivity contribution is 5.57. The number of nitrogens with one attached hydrogen (secondary N) is 1. The van der Waals surface area contributed by atoms with Crippen LogP contribution >= 0.6 is 0 Å². The van der Waals surface area contributed by atoms with Crippen molar-refractivity contribution >= 4 is 5.69 Å². The second-order valence-electron chi connectivity index (χ2n) is 5.04. The van der Waals surface area contributed by atoms with Gasteiger partial charge in [-0.15, -0.1) is 0 Å². The van der Waals surface area contributed by atoms with E-state index in [9.17, 15) is 9.59 Å². The van der Waals surface area contributed by atoms with Gasteiger partial charge in [0.25, 0.3) is 0 Å². The van der Waals surface area contributed by atoms with E-state index < -0.39 is 5.43 Å². The molecule has 0 saturated heterocycles. The van der Waals surface area contributed by atoms with E-state index in [1.807, 2.05) is 20.9 Å². The molecule has 1 rings (SSSR count). The lowest BCUT2D eigenvalue weighted by Gasteiger charge is -2.16. The summed E-state index contributed by atoms with van der Waals surface area (Å²) in [6, 6.07) is 0. The molecule has 108 valence electrons. The molecule has 0 atom stereocenters. The van der Waals surface area contributed by atoms with E-state index in [-0.39, 0.29) is 11.3 Å². The first-order valence-corrected chi connectivity index (χ1v) is 6.82. The lowest BCUT2D eigenvalue weighted by Crippen LogP contribution is -2.39. The van der Waals surface area contributed by atoms with Crippen molar-refractivity contribution in [2.24, 2.45) is 0 Å². The van der Waals surface area contributed by atoms with Crippen LogP contribution in [-0.2, 0) is 4.74 Å². The fourth-order valence-electron chi connectivity index (χ4n) is 1.86. The molecule has 0 radical (unpaired) electrons. The lowest BCUT2D eigenvalue weighted by molar-refractivity contribution is 0.121. The zero-order valence-electron chi connectivity index (χ0n) is 12.3. The van der Waals surface area contributed by atoms with Crippen LogP contribution in [-0.4, -0.2) is 44.8 Å². The van der Waals surface area contributed by atoms with Crippen molar-refractivity contribution in [1.29, 1.82) is 0 Å². The topological polar surface area (TPSA) is 58.6 Å². The molecule has 5 nitrogen and oxygen atoms in total. The highest BCUT2D eigenvalue weighted by Crippen LogP contribution is 2.18. The van der Waals surface area contributed by atoms with Crippen molar-refractivity contribution in [1.82, 2.24) is 4.90 Å². The molecule has 0 aliphatic heterocycles. The minimum Gasteiger partial charge on any atom is -0.379 e. The monoisotopic (exact) mass is 268 g/mol. The third-order valence-electron chi connectivity index (χ3n) is 3.23. The molecule has 19 heavy (non-hydrogen) atoms. The Kier molecular flexibility index (Phi) is 6.18. The number of hydrogen-bond acceptors (Lipinski definition) is 5. The Labute approximate surface area is 114 Å². The summed E-state index contributed by atoms with van der Waals surface area (Å²) in [4.78, 5) is 24.9. The van der Waals surface area contributed by atoms with E-state index in [4.69, 9.17) is 4.74 Å². The van der Waals surface area contributed by atoms with Crippen molar-refractivity contribution in [3.05, 3.63) is 26.0 Å². The molecule has 5 heteroatoms. The number of ether oxygens (including phenoxy) is 1. The molecule has 0 saturated carbocycles. The summed E-state index contributed by atoms with van der Waals surface area (Å²) in [5.74, 6) is 0.0897. The fraction of sp³-hybridized carbons (Fsp3) is 0.714. The van der Waals surface area contributed by atoms with Crippen LogP contribution in [0.4, 0.5) is 5.69 Å². The fourth-order valence-corrected chi connectivity index (χ4v) is 1.86. The van der Waals surface area contributed by atoms with E-state index in [2.05, 4.69) is 17.1 Å². The molecular formula is C14H24N2O3. The van der Waals surface area contributed by atoms with Crippen molar-refractivity contribution < 1.29 is 4.74 Å². The minimum atomic E-state index is -0.394. The summed E-state index contributed by atoms with van der Waals surface area (Å²) in [5, 5.41) is 3.00. The first-order valence-electron chi connectivity index (χ1n) is 6.82. The van der Waals surface area contributed by atoms with Gasteiger partial charge in [0, 0.05) is 18.7 Å². The second-order valence-corrected chi connectivity index (χ2v) is 5.04. The zero-order chi connectivity index (χ0) is 14.4. The molecule has 0 aliphatic rings. The summed E-state index contributed by atoms with van der Waals surface area (Å²) in [6.45, 7) is 9.59. The van der Waals surface area contributed by atoms with Gasteiger partial charge in [0.05, 0.1) is 18.9 Å². The van der Waals surface area contributed by atoms with E-state index in [0.717, 1.165) is 13.1 Å². The normalized spacial score (nSPS) is 11.7. The van der Waals surface area contributed by atoms with Crippen LogP contribution in [0.15, 0.2) is 9.59 Å². The van der Waals surface area contributed by atoms with Crippen LogP contribution in [0.2, 0.25) is 0 Å². The van der Waals surface area contributed by atoms with Crippen molar-refractivity contribution in [2.45, 2.75) is 26.7 Å². The van der Waals surface area contributed by atoms with Gasteiger partial charge in [-0.2, -0.15) is 0 Å². The molecule has 0 fully saturated rings. The summed E-state index contributed by atoms with van der Waals surface area (Å²) in [6.07, 6.45) is 0. The van der Waals surface area contributed by atoms with Crippen molar-refractivity contribution in [3.63, 3.8) is 0 Å². The van der Waals surface area contributed by atoms with Gasteiger partial charge >= 0.3 is 0 Å². The first kappa shape index (κ1) is 15.9. The Morgan fingerprint density at radius 1 is 1.21 bits per heavy atom. The SMILES string of the molecule is CCN(C)CCOCCNc1c(C(C)C)c(=O)c1=O. The molecule has 0 unspecified atom stereocenters. The molecule has 1 aromatic carbocycles. The maximum absolute atomic E-state index is 11.4. The van der Waals surface area contributed by atoms with Crippen LogP contribution in [0.25, 0.3) is 0 Å². The Morgan fingerprint density at radius 2 is 1.89 bits per heavy atom. The first-order chi connectivity index (χ1) is 8.99. The van der Waals surface area contributed by atoms with Gasteiger partial charge in [-0.1, -0.05) is 20.8 Å². The van der Waals surface area contributed by atoms with Gasteiger partial charge in [0.15, 0.2) is 0 Å². The number of rotatable bonds is 9. The van der Waals surface area contributed by atoms with Crippen molar-refractivity contribution in [3.8, 4) is 0 Å². The highest BCUT2D eigenvalue weighted by Gasteiger charge is 2.22. The predicted octanol–water partition coefficient (Wildman–Crippen LogP) is 0.786. The van der Waals surface area contributed by atoms with Crippen LogP contribution in [0.1, 0.15) is 32.3 Å². The maximum atomic E-state index is 11.4. The van der Waals surface area contributed by atoms with E-state index in [0.29, 0.717) is 31.0 Å². The lowest BCUT2D eigenvalue weighted by atomic mass is 9.96. The molecule has 0 amide bonds. The largest absolute Gasteiger partial charge is 0.379 e. The van der Waals surface area contributed by atoms with E-state index in [1.54, 1.807) is 0 Å². The molecule has 1 N–H and O–H groups in total. The quantitative estimate of drug-likeness (QED) is 0.530. The van der Waals surface area contributed by atoms with Gasteiger partial charge in [-0.3, -0.25) is 9.59 Å². The molecular weight excluding hydrogens is 244 g/mol. The third kappa shape index (κ3) is 4.14. The van der Waals surface area contributed by atoms with Gasteiger partial charge in [-0.05, 0) is 19.5 Å². The second kappa shape index (κ2) is 7.40. The third-order valence-corrected chi connectivity index (χ3v) is 3.23. The summed E-state index contributed by atoms with van der Waals surface area (Å²) in [7, 11) is 2.04. The summed E-state index contributed by atoms with van der Waals surface area (Å²) >= 11 is 0. The van der Waals surface area contributed by atoms with E-state index >= 15 is 0 Å². The van der Waals surface area contributed by atoms with Gasteiger partial charge in [0.2, 0.25) is 10.9 Å². The Hall–Kier alpha value is -1.20. The number of anilines is 1. The average molecular weight is 268 g/mol. The standard InChI is InChI=1S/C14H24N2O3/c1-5-16(4)7-9-19-8-6-15-12-11(10(2)3)13(17)14(12)18/h10,15H,5-9H2,1-4H3. The smallest absolute Gasteiger partial charge is 0.249 e. The Morgan fingerprint density at radius 3 is 2.47 bits per heavy atom. The van der Waals surface area contributed by atoms with Crippen LogP contribution in [0.3, 0.4) is 0 Å². The molecule has 0 aliphatic carbocycles. The summed E-state index contributed by atoms with van der Waals surface area (Å²) in [5.41, 5.74) is 0.363. The van der Waals surface area contributed by atoms with Crippen LogP contribution < -0.4 is 16.2 Å². The van der Waals surface area contributed by atoms with Crippen LogP contribution in [0, 0.1) is 0 Å². The van der Waals surface area contributed by atoms with Crippen LogP contribution in [0.5, 0.6) is 0 Å². The predicted molar refractivity (Wildman–Crippen MR) is 77.9 cm³/mol. The number of hydrogen-bond donors (Lipinski definition) is 1. The van der Waals surface area contributed by atoms with Gasteiger partial charge in [-0.25, -0.2) is 0 Å². The number of nitrogens with zero attached hydrogens (tertiary/aromatic N) is 1. The Bertz CT molecular complexity index is 461. The summed E-state index contributed by atoms with van der Waals surface area (Å²) < 4.78 is 5.46. The molecule has 1 aromatic rings. The Balaban J connectivity index is 2.26. The highest BCUT2D eigenvalue weighted by atomic mass is 16.5. The molecule has 0 spiro atoms. The minimum absolute atomic E-state index is 0.0897. The zero-order valence-corrected chi connectivity index (χ0v) is 12.3. The molecule has 0 bridgehead atoms. The van der Waals surface area contributed by atoms with Gasteiger partial charge < -0.3 is 15.0 Å². The average Bonchev–Trinajstić information content (AvgIpc) is 2.39.